The predicted molar refractivity (Wildman–Crippen MR) is 154 cm³/mol. The highest BCUT2D eigenvalue weighted by molar-refractivity contribution is 5.85. The molecule has 0 spiro atoms. The summed E-state index contributed by atoms with van der Waals surface area (Å²) in [6.45, 7) is 4.60. The van der Waals surface area contributed by atoms with E-state index in [0.29, 0.717) is 29.6 Å². The van der Waals surface area contributed by atoms with Crippen molar-refractivity contribution >= 4 is 12.4 Å². The van der Waals surface area contributed by atoms with Gasteiger partial charge in [0.05, 0.1) is 36.7 Å². The van der Waals surface area contributed by atoms with Crippen LogP contribution in [0.5, 0.6) is 5.75 Å². The summed E-state index contributed by atoms with van der Waals surface area (Å²) in [6, 6.07) is 20.8. The van der Waals surface area contributed by atoms with Gasteiger partial charge in [0.2, 0.25) is 0 Å². The Labute approximate surface area is 234 Å². The molecular formula is C30H32ClN5O3. The van der Waals surface area contributed by atoms with E-state index in [4.69, 9.17) is 4.74 Å². The quantitative estimate of drug-likeness (QED) is 0.370. The van der Waals surface area contributed by atoms with Crippen molar-refractivity contribution < 1.29 is 10.2 Å². The topological polar surface area (TPSA) is 124 Å². The normalized spacial score (nSPS) is 13.8. The van der Waals surface area contributed by atoms with Crippen molar-refractivity contribution in [3.8, 4) is 34.3 Å². The third-order valence-electron chi connectivity index (χ3n) is 6.84. The van der Waals surface area contributed by atoms with Crippen LogP contribution in [0.3, 0.4) is 0 Å². The molecule has 1 aliphatic rings. The summed E-state index contributed by atoms with van der Waals surface area (Å²) in [7, 11) is 0. The zero-order chi connectivity index (χ0) is 25.6. The van der Waals surface area contributed by atoms with Crippen molar-refractivity contribution in [2.75, 3.05) is 13.1 Å². The number of piperidine rings is 1. The number of aromatic nitrogens is 3. The lowest BCUT2D eigenvalue weighted by atomic mass is 9.93. The minimum atomic E-state index is -0.0915. The third-order valence-corrected chi connectivity index (χ3v) is 6.84. The molecule has 0 saturated carbocycles. The average Bonchev–Trinajstić information content (AvgIpc) is 2.95. The van der Waals surface area contributed by atoms with Crippen LogP contribution in [0.15, 0.2) is 84.0 Å². The summed E-state index contributed by atoms with van der Waals surface area (Å²) in [4.78, 5) is 21.7. The van der Waals surface area contributed by atoms with Gasteiger partial charge in [0.15, 0.2) is 11.6 Å². The summed E-state index contributed by atoms with van der Waals surface area (Å²) in [5.41, 5.74) is 4.11. The monoisotopic (exact) mass is 545 g/mol. The van der Waals surface area contributed by atoms with Crippen molar-refractivity contribution in [1.29, 1.82) is 5.26 Å². The van der Waals surface area contributed by atoms with E-state index in [9.17, 15) is 10.1 Å². The first-order chi connectivity index (χ1) is 18.1. The Morgan fingerprint density at radius 2 is 1.74 bits per heavy atom. The van der Waals surface area contributed by atoms with Gasteiger partial charge in [0.25, 0.3) is 5.56 Å². The molecule has 1 fully saturated rings. The first kappa shape index (κ1) is 29.5. The van der Waals surface area contributed by atoms with E-state index in [1.165, 1.54) is 0 Å². The molecule has 5 rings (SSSR count). The number of ether oxygens (including phenoxy) is 1. The maximum atomic E-state index is 12.6. The number of halogens is 1. The maximum Gasteiger partial charge on any atom is 0.250 e. The van der Waals surface area contributed by atoms with Gasteiger partial charge in [-0.25, -0.2) is 9.97 Å². The zero-order valence-electron chi connectivity index (χ0n) is 21.7. The van der Waals surface area contributed by atoms with Crippen molar-refractivity contribution in [1.82, 2.24) is 19.9 Å². The van der Waals surface area contributed by atoms with Gasteiger partial charge in [0.1, 0.15) is 0 Å². The van der Waals surface area contributed by atoms with E-state index in [-0.39, 0.29) is 29.5 Å². The molecule has 0 amide bonds. The fourth-order valence-corrected chi connectivity index (χ4v) is 4.75. The minimum Gasteiger partial charge on any atom is -0.487 e. The Bertz CT molecular complexity index is 1480. The van der Waals surface area contributed by atoms with Gasteiger partial charge in [0, 0.05) is 17.8 Å². The molecular weight excluding hydrogens is 514 g/mol. The number of nitriles is 1. The van der Waals surface area contributed by atoms with Crippen LogP contribution in [0.4, 0.5) is 0 Å². The number of benzene rings is 2. The summed E-state index contributed by atoms with van der Waals surface area (Å²) in [6.07, 6.45) is 7.65. The molecule has 0 radical (unpaired) electrons. The van der Waals surface area contributed by atoms with E-state index in [0.717, 1.165) is 48.2 Å². The van der Waals surface area contributed by atoms with Crippen LogP contribution in [0, 0.1) is 17.2 Å². The van der Waals surface area contributed by atoms with Crippen LogP contribution in [0.1, 0.15) is 30.9 Å². The Hall–Kier alpha value is -4.03. The zero-order valence-corrected chi connectivity index (χ0v) is 22.5. The lowest BCUT2D eigenvalue weighted by Crippen LogP contribution is -2.35. The van der Waals surface area contributed by atoms with Gasteiger partial charge in [-0.15, -0.1) is 12.4 Å². The molecule has 2 aromatic heterocycles. The first-order valence-electron chi connectivity index (χ1n) is 12.6. The average molecular weight is 546 g/mol. The van der Waals surface area contributed by atoms with Gasteiger partial charge in [-0.1, -0.05) is 30.3 Å². The van der Waals surface area contributed by atoms with Crippen LogP contribution < -0.4 is 15.6 Å². The molecule has 1 aliphatic heterocycles. The smallest absolute Gasteiger partial charge is 0.250 e. The number of hydrogen-bond donors (Lipinski definition) is 1. The fraction of sp³-hybridized carbons (Fsp3) is 0.267. The standard InChI is InChI=1S/C30H29N5O2.ClH.H2O/c1-21(24-10-12-32-13-11-24)37-28-17-33-30(34-18-28)26-7-3-5-23(15-26)19-35-20-27(8-9-29(35)36)25-6-2-4-22(14-25)16-31;;/h2-9,14-15,17-18,20-21,24,32H,10-13,19H2,1H3;1H;1H2. The molecule has 3 N–H and O–H groups in total. The second kappa shape index (κ2) is 13.7. The molecule has 202 valence electrons. The third kappa shape index (κ3) is 7.30. The molecule has 4 aromatic rings. The number of rotatable bonds is 7. The molecule has 1 atom stereocenters. The predicted octanol–water partition coefficient (Wildman–Crippen LogP) is 4.26. The molecule has 39 heavy (non-hydrogen) atoms. The van der Waals surface area contributed by atoms with Crippen molar-refractivity contribution in [3.63, 3.8) is 0 Å². The second-order valence-electron chi connectivity index (χ2n) is 9.43. The molecule has 2 aromatic carbocycles. The molecule has 0 bridgehead atoms. The Kier molecular flexibility index (Phi) is 10.4. The van der Waals surface area contributed by atoms with E-state index in [2.05, 4.69) is 28.3 Å². The highest BCUT2D eigenvalue weighted by atomic mass is 35.5. The Morgan fingerprint density at radius 3 is 2.49 bits per heavy atom. The summed E-state index contributed by atoms with van der Waals surface area (Å²) in [5.74, 6) is 1.82. The number of pyridine rings is 1. The first-order valence-corrected chi connectivity index (χ1v) is 12.6. The Balaban J connectivity index is 0.00000210. The number of nitrogens with zero attached hydrogens (tertiary/aromatic N) is 4. The maximum absolute atomic E-state index is 12.6. The van der Waals surface area contributed by atoms with Gasteiger partial charge in [-0.2, -0.15) is 5.26 Å². The lowest BCUT2D eigenvalue weighted by Gasteiger charge is -2.28. The van der Waals surface area contributed by atoms with E-state index >= 15 is 0 Å². The van der Waals surface area contributed by atoms with Crippen LogP contribution >= 0.6 is 12.4 Å². The molecule has 1 unspecified atom stereocenters. The number of nitrogens with one attached hydrogen (secondary N) is 1. The van der Waals surface area contributed by atoms with Crippen LogP contribution in [0.2, 0.25) is 0 Å². The lowest BCUT2D eigenvalue weighted by molar-refractivity contribution is 0.127. The summed E-state index contributed by atoms with van der Waals surface area (Å²) >= 11 is 0. The van der Waals surface area contributed by atoms with Crippen LogP contribution in [-0.4, -0.2) is 39.2 Å². The fourth-order valence-electron chi connectivity index (χ4n) is 4.75. The number of hydrogen-bond acceptors (Lipinski definition) is 6. The highest BCUT2D eigenvalue weighted by Crippen LogP contribution is 2.24. The van der Waals surface area contributed by atoms with Gasteiger partial charge < -0.3 is 20.1 Å². The van der Waals surface area contributed by atoms with E-state index in [1.807, 2.05) is 48.7 Å². The molecule has 3 heterocycles. The second-order valence-corrected chi connectivity index (χ2v) is 9.43. The SMILES string of the molecule is CC(Oc1cnc(-c2cccc(Cn3cc(-c4cccc(C#N)c4)ccc3=O)c2)nc1)C1CCNCC1.Cl.O. The van der Waals surface area contributed by atoms with E-state index < -0.39 is 0 Å². The van der Waals surface area contributed by atoms with Gasteiger partial charge in [-0.05, 0) is 79.7 Å². The molecule has 1 saturated heterocycles. The van der Waals surface area contributed by atoms with Crippen LogP contribution in [-0.2, 0) is 6.54 Å². The summed E-state index contributed by atoms with van der Waals surface area (Å²) in [5, 5.41) is 12.6. The summed E-state index contributed by atoms with van der Waals surface area (Å²) < 4.78 is 7.79. The van der Waals surface area contributed by atoms with Crippen molar-refractivity contribution in [2.24, 2.45) is 5.92 Å². The highest BCUT2D eigenvalue weighted by Gasteiger charge is 2.21. The van der Waals surface area contributed by atoms with Gasteiger partial charge in [-0.3, -0.25) is 4.79 Å². The van der Waals surface area contributed by atoms with Crippen molar-refractivity contribution in [3.05, 3.63) is 101 Å². The van der Waals surface area contributed by atoms with Crippen LogP contribution in [0.25, 0.3) is 22.5 Å². The molecule has 9 heteroatoms. The van der Waals surface area contributed by atoms with Gasteiger partial charge >= 0.3 is 0 Å². The Morgan fingerprint density at radius 1 is 1.03 bits per heavy atom. The largest absolute Gasteiger partial charge is 0.487 e. The minimum absolute atomic E-state index is 0. The van der Waals surface area contributed by atoms with E-state index in [1.54, 1.807) is 35.2 Å². The molecule has 8 nitrogen and oxygen atoms in total. The van der Waals surface area contributed by atoms with Crippen molar-refractivity contribution in [2.45, 2.75) is 32.4 Å². The molecule has 0 aliphatic carbocycles.